The average molecular weight is 487 g/mol. The zero-order chi connectivity index (χ0) is 21.3. The smallest absolute Gasteiger partial charge is 0.247 e. The molecule has 0 saturated heterocycles. The summed E-state index contributed by atoms with van der Waals surface area (Å²) < 4.78 is 13.0. The van der Waals surface area contributed by atoms with Gasteiger partial charge in [-0.05, 0) is 37.4 Å². The summed E-state index contributed by atoms with van der Waals surface area (Å²) in [6.45, 7) is 3.90. The number of rotatable bonds is 4. The number of aromatic nitrogens is 3. The van der Waals surface area contributed by atoms with Gasteiger partial charge in [-0.3, -0.25) is 9.69 Å². The van der Waals surface area contributed by atoms with Crippen LogP contribution >= 0.6 is 27.7 Å². The van der Waals surface area contributed by atoms with Gasteiger partial charge in [0.15, 0.2) is 5.69 Å². The van der Waals surface area contributed by atoms with Crippen LogP contribution in [0.4, 0.5) is 5.69 Å². The average Bonchev–Trinajstić information content (AvgIpc) is 2.89. The number of hydrogen-bond acceptors (Lipinski definition) is 7. The number of para-hydroxylation sites is 1. The first-order valence-electron chi connectivity index (χ1n) is 9.30. The van der Waals surface area contributed by atoms with Crippen LogP contribution in [0.2, 0.25) is 0 Å². The molecule has 1 aliphatic heterocycles. The lowest BCUT2D eigenvalue weighted by molar-refractivity contribution is -0.118. The molecule has 4 rings (SSSR count). The van der Waals surface area contributed by atoms with Crippen molar-refractivity contribution < 1.29 is 14.3 Å². The van der Waals surface area contributed by atoms with Gasteiger partial charge in [0.1, 0.15) is 5.75 Å². The third kappa shape index (κ3) is 3.75. The lowest BCUT2D eigenvalue weighted by Gasteiger charge is -2.31. The van der Waals surface area contributed by atoms with Gasteiger partial charge in [-0.1, -0.05) is 45.9 Å². The van der Waals surface area contributed by atoms with E-state index in [0.717, 1.165) is 10.0 Å². The lowest BCUT2D eigenvalue weighted by Crippen LogP contribution is -2.36. The number of halogens is 1. The van der Waals surface area contributed by atoms with Crippen molar-refractivity contribution in [3.63, 3.8) is 0 Å². The molecule has 0 unspecified atom stereocenters. The highest BCUT2D eigenvalue weighted by molar-refractivity contribution is 9.10. The Hall–Kier alpha value is -2.65. The Labute approximate surface area is 186 Å². The second-order valence-electron chi connectivity index (χ2n) is 6.44. The van der Waals surface area contributed by atoms with Gasteiger partial charge in [0.25, 0.3) is 0 Å². The van der Waals surface area contributed by atoms with Gasteiger partial charge in [-0.25, -0.2) is 0 Å². The Morgan fingerprint density at radius 3 is 2.80 bits per heavy atom. The molecule has 9 heteroatoms. The quantitative estimate of drug-likeness (QED) is 0.486. The minimum atomic E-state index is -0.796. The summed E-state index contributed by atoms with van der Waals surface area (Å²) in [7, 11) is 0. The van der Waals surface area contributed by atoms with E-state index in [-0.39, 0.29) is 5.91 Å². The van der Waals surface area contributed by atoms with E-state index in [1.807, 2.05) is 55.6 Å². The second kappa shape index (κ2) is 8.61. The second-order valence-corrected chi connectivity index (χ2v) is 8.13. The zero-order valence-corrected chi connectivity index (χ0v) is 19.0. The van der Waals surface area contributed by atoms with Gasteiger partial charge in [0.05, 0.1) is 17.9 Å². The first-order valence-corrected chi connectivity index (χ1v) is 11.3. The Balaban J connectivity index is 1.99. The number of thioether (sulfide) groups is 1. The Bertz CT molecular complexity index is 1110. The largest absolute Gasteiger partial charge is 0.493 e. The van der Waals surface area contributed by atoms with Crippen molar-refractivity contribution in [2.75, 3.05) is 17.8 Å². The normalized spacial score (nSPS) is 14.9. The first kappa shape index (κ1) is 20.6. The SMILES string of the molecule is CCOc1ccc(Br)cc1[C@H]1Oc2nc(SC)nnc2-c2ccccc2N1C(C)=O. The van der Waals surface area contributed by atoms with Crippen molar-refractivity contribution >= 4 is 39.3 Å². The number of ether oxygens (including phenoxy) is 2. The number of benzene rings is 2. The van der Waals surface area contributed by atoms with E-state index in [1.165, 1.54) is 18.7 Å². The Morgan fingerprint density at radius 1 is 1.27 bits per heavy atom. The summed E-state index contributed by atoms with van der Waals surface area (Å²) in [5.74, 6) is 0.767. The standard InChI is InChI=1S/C21H19BrN4O3S/c1-4-28-17-10-9-13(22)11-15(17)20-26(12(2)27)16-8-6-5-7-14(16)18-19(29-20)23-21(30-3)25-24-18/h5-11,20H,4H2,1-3H3/t20-/m1/s1. The van der Waals surface area contributed by atoms with E-state index in [1.54, 1.807) is 4.90 Å². The van der Waals surface area contributed by atoms with Crippen LogP contribution in [0.15, 0.2) is 52.1 Å². The molecule has 0 spiro atoms. The molecular weight excluding hydrogens is 468 g/mol. The van der Waals surface area contributed by atoms with E-state index >= 15 is 0 Å². The van der Waals surface area contributed by atoms with Crippen molar-refractivity contribution in [1.29, 1.82) is 0 Å². The number of hydrogen-bond donors (Lipinski definition) is 0. The van der Waals surface area contributed by atoms with Crippen LogP contribution < -0.4 is 14.4 Å². The number of anilines is 1. The molecule has 1 atom stereocenters. The highest BCUT2D eigenvalue weighted by Crippen LogP contribution is 2.45. The van der Waals surface area contributed by atoms with Gasteiger partial charge in [-0.15, -0.1) is 10.2 Å². The van der Waals surface area contributed by atoms with Crippen molar-refractivity contribution in [3.8, 4) is 22.9 Å². The van der Waals surface area contributed by atoms with Crippen molar-refractivity contribution in [2.24, 2.45) is 0 Å². The first-order chi connectivity index (χ1) is 14.5. The molecule has 0 saturated carbocycles. The minimum absolute atomic E-state index is 0.180. The Kier molecular flexibility index (Phi) is 5.92. The molecule has 0 aliphatic carbocycles. The zero-order valence-electron chi connectivity index (χ0n) is 16.6. The van der Waals surface area contributed by atoms with Crippen LogP contribution in [-0.2, 0) is 4.79 Å². The third-order valence-electron chi connectivity index (χ3n) is 4.57. The maximum atomic E-state index is 12.9. The molecule has 2 heterocycles. The molecule has 30 heavy (non-hydrogen) atoms. The van der Waals surface area contributed by atoms with E-state index in [2.05, 4.69) is 31.1 Å². The minimum Gasteiger partial charge on any atom is -0.493 e. The molecule has 154 valence electrons. The fourth-order valence-corrected chi connectivity index (χ4v) is 4.02. The molecule has 1 amide bonds. The van der Waals surface area contributed by atoms with Gasteiger partial charge in [0, 0.05) is 17.0 Å². The van der Waals surface area contributed by atoms with Crippen LogP contribution in [0.1, 0.15) is 25.6 Å². The van der Waals surface area contributed by atoms with E-state index < -0.39 is 6.23 Å². The van der Waals surface area contributed by atoms with E-state index in [0.29, 0.717) is 40.3 Å². The fraction of sp³-hybridized carbons (Fsp3) is 0.238. The van der Waals surface area contributed by atoms with Crippen LogP contribution in [0.25, 0.3) is 11.3 Å². The maximum absolute atomic E-state index is 12.9. The van der Waals surface area contributed by atoms with Crippen LogP contribution in [-0.4, -0.2) is 34.0 Å². The molecule has 0 bridgehead atoms. The highest BCUT2D eigenvalue weighted by Gasteiger charge is 2.36. The predicted octanol–water partition coefficient (Wildman–Crippen LogP) is 4.87. The molecule has 1 aromatic heterocycles. The summed E-state index contributed by atoms with van der Waals surface area (Å²) in [4.78, 5) is 19.0. The monoisotopic (exact) mass is 486 g/mol. The molecule has 1 aliphatic rings. The van der Waals surface area contributed by atoms with Crippen LogP contribution in [0.3, 0.4) is 0 Å². The highest BCUT2D eigenvalue weighted by atomic mass is 79.9. The summed E-state index contributed by atoms with van der Waals surface area (Å²) in [6.07, 6.45) is 1.07. The van der Waals surface area contributed by atoms with Gasteiger partial charge in [-0.2, -0.15) is 4.98 Å². The predicted molar refractivity (Wildman–Crippen MR) is 119 cm³/mol. The number of carbonyl (C=O) groups excluding carboxylic acids is 1. The summed E-state index contributed by atoms with van der Waals surface area (Å²) in [5.41, 5.74) is 2.59. The summed E-state index contributed by atoms with van der Waals surface area (Å²) >= 11 is 4.89. The van der Waals surface area contributed by atoms with Crippen LogP contribution in [0.5, 0.6) is 11.6 Å². The molecule has 3 aromatic rings. The molecule has 7 nitrogen and oxygen atoms in total. The Morgan fingerprint density at radius 2 is 2.07 bits per heavy atom. The van der Waals surface area contributed by atoms with Crippen molar-refractivity contribution in [2.45, 2.75) is 25.2 Å². The molecule has 0 fully saturated rings. The number of amides is 1. The number of carbonyl (C=O) groups is 1. The van der Waals surface area contributed by atoms with Gasteiger partial charge < -0.3 is 9.47 Å². The van der Waals surface area contributed by atoms with Crippen molar-refractivity contribution in [3.05, 3.63) is 52.5 Å². The molecular formula is C21H19BrN4O3S. The number of nitrogens with zero attached hydrogens (tertiary/aromatic N) is 4. The fourth-order valence-electron chi connectivity index (χ4n) is 3.34. The summed E-state index contributed by atoms with van der Waals surface area (Å²) in [6, 6.07) is 13.1. The van der Waals surface area contributed by atoms with Crippen molar-refractivity contribution in [1.82, 2.24) is 15.2 Å². The lowest BCUT2D eigenvalue weighted by atomic mass is 10.1. The topological polar surface area (TPSA) is 77.4 Å². The molecule has 2 aromatic carbocycles. The molecule has 0 radical (unpaired) electrons. The maximum Gasteiger partial charge on any atom is 0.247 e. The third-order valence-corrected chi connectivity index (χ3v) is 5.60. The molecule has 0 N–H and O–H groups in total. The van der Waals surface area contributed by atoms with E-state index in [9.17, 15) is 4.79 Å². The van der Waals surface area contributed by atoms with Gasteiger partial charge >= 0.3 is 0 Å². The number of fused-ring (bicyclic) bond motifs is 3. The van der Waals surface area contributed by atoms with E-state index in [4.69, 9.17) is 9.47 Å². The van der Waals surface area contributed by atoms with Crippen LogP contribution in [0, 0.1) is 0 Å². The summed E-state index contributed by atoms with van der Waals surface area (Å²) in [5, 5.41) is 9.01. The van der Waals surface area contributed by atoms with Gasteiger partial charge in [0.2, 0.25) is 23.2 Å².